The predicted octanol–water partition coefficient (Wildman–Crippen LogP) is 4.75. The summed E-state index contributed by atoms with van der Waals surface area (Å²) < 4.78 is 11.5. The number of fused-ring (bicyclic) bond motifs is 3. The zero-order valence-electron chi connectivity index (χ0n) is 12.8. The molecule has 0 spiro atoms. The molecule has 0 aliphatic rings. The van der Waals surface area contributed by atoms with Gasteiger partial charge in [0.2, 0.25) is 0 Å². The number of rotatable bonds is 1. The van der Waals surface area contributed by atoms with Crippen molar-refractivity contribution in [1.29, 1.82) is 0 Å². The average Bonchev–Trinajstić information content (AvgIpc) is 2.97. The van der Waals surface area contributed by atoms with Crippen LogP contribution in [0.25, 0.3) is 33.1 Å². The van der Waals surface area contributed by atoms with Gasteiger partial charge in [0.15, 0.2) is 0 Å². The fourth-order valence-corrected chi connectivity index (χ4v) is 3.14. The molecular formula is C19H15NO3. The first-order valence-corrected chi connectivity index (χ1v) is 7.38. The van der Waals surface area contributed by atoms with E-state index < -0.39 is 0 Å². The van der Waals surface area contributed by atoms with Crippen molar-refractivity contribution >= 4 is 21.9 Å². The number of hydrogen-bond donors (Lipinski definition) is 1. The van der Waals surface area contributed by atoms with Crippen molar-refractivity contribution in [3.63, 3.8) is 0 Å². The maximum Gasteiger partial charge on any atom is 0.256 e. The number of nitrogens with zero attached hydrogens (tertiary/aromatic N) is 1. The van der Waals surface area contributed by atoms with Crippen molar-refractivity contribution in [3.05, 3.63) is 65.4 Å². The maximum absolute atomic E-state index is 9.16. The van der Waals surface area contributed by atoms with E-state index in [2.05, 4.69) is 5.16 Å². The Hall–Kier alpha value is -3.01. The Kier molecular flexibility index (Phi) is 2.98. The van der Waals surface area contributed by atoms with Crippen LogP contribution in [0.5, 0.6) is 0 Å². The lowest BCUT2D eigenvalue weighted by molar-refractivity contribution is 0.277. The minimum Gasteiger partial charge on any atom is -0.463 e. The lowest BCUT2D eigenvalue weighted by atomic mass is 9.98. The lowest BCUT2D eigenvalue weighted by Gasteiger charge is -2.08. The topological polar surface area (TPSA) is 58.9 Å². The molecule has 2 aromatic heterocycles. The highest BCUT2D eigenvalue weighted by atomic mass is 16.5. The normalized spacial score (nSPS) is 12.3. The Bertz CT molecular complexity index is 1090. The molecule has 0 unspecified atom stereocenters. The largest absolute Gasteiger partial charge is 0.463 e. The average molecular weight is 305 g/mol. The molecule has 0 amide bonds. The van der Waals surface area contributed by atoms with Gasteiger partial charge in [-0.15, -0.1) is 0 Å². The van der Waals surface area contributed by atoms with Crippen LogP contribution in [0, 0.1) is 13.8 Å². The lowest BCUT2D eigenvalue weighted by Crippen LogP contribution is -2.01. The molecule has 2 aromatic carbocycles. The summed E-state index contributed by atoms with van der Waals surface area (Å²) in [5.41, 5.74) is 5.68. The van der Waals surface area contributed by atoms with Gasteiger partial charge in [-0.2, -0.15) is 0 Å². The van der Waals surface area contributed by atoms with Gasteiger partial charge < -0.3 is 14.0 Å². The van der Waals surface area contributed by atoms with Crippen LogP contribution >= 0.6 is 0 Å². The Labute approximate surface area is 132 Å². The van der Waals surface area contributed by atoms with E-state index in [1.807, 2.05) is 50.2 Å². The molecule has 0 aliphatic carbocycles. The molecule has 4 heteroatoms. The van der Waals surface area contributed by atoms with Crippen LogP contribution in [-0.4, -0.2) is 5.21 Å². The standard InChI is InChI=1S/C19H15NO3/c1-11-8-15-18(19-17(11)12(2)10-22-19)14(9-16(20-21)23-15)13-6-4-3-5-7-13/h3-10,21H,1-2H3/b20-16-. The van der Waals surface area contributed by atoms with E-state index in [1.54, 1.807) is 12.3 Å². The summed E-state index contributed by atoms with van der Waals surface area (Å²) in [5, 5.41) is 14.4. The molecule has 23 heavy (non-hydrogen) atoms. The summed E-state index contributed by atoms with van der Waals surface area (Å²) in [4.78, 5) is 0. The molecule has 0 saturated heterocycles. The SMILES string of the molecule is Cc1coc2c1c(C)cc1o/c(=N\O)cc(-c3ccccc3)c12. The summed E-state index contributed by atoms with van der Waals surface area (Å²) in [6, 6.07) is 13.6. The summed E-state index contributed by atoms with van der Waals surface area (Å²) in [6.07, 6.45) is 1.76. The third-order valence-electron chi connectivity index (χ3n) is 4.13. The third kappa shape index (κ3) is 2.03. The number of aryl methyl sites for hydroxylation is 2. The van der Waals surface area contributed by atoms with Crippen LogP contribution in [0.4, 0.5) is 0 Å². The van der Waals surface area contributed by atoms with Gasteiger partial charge in [0.25, 0.3) is 5.55 Å². The quantitative estimate of drug-likeness (QED) is 0.407. The van der Waals surface area contributed by atoms with Gasteiger partial charge in [-0.1, -0.05) is 30.3 Å². The minimum absolute atomic E-state index is 0.165. The van der Waals surface area contributed by atoms with E-state index in [1.165, 1.54) is 0 Å². The fourth-order valence-electron chi connectivity index (χ4n) is 3.14. The Morgan fingerprint density at radius 1 is 0.957 bits per heavy atom. The van der Waals surface area contributed by atoms with Crippen molar-refractivity contribution in [2.24, 2.45) is 5.16 Å². The molecule has 0 aliphatic heterocycles. The summed E-state index contributed by atoms with van der Waals surface area (Å²) in [7, 11) is 0. The van der Waals surface area contributed by atoms with E-state index in [4.69, 9.17) is 14.0 Å². The van der Waals surface area contributed by atoms with Crippen molar-refractivity contribution in [2.75, 3.05) is 0 Å². The Balaban J connectivity index is 2.26. The molecule has 4 rings (SSSR count). The third-order valence-corrected chi connectivity index (χ3v) is 4.13. The zero-order valence-corrected chi connectivity index (χ0v) is 12.8. The van der Waals surface area contributed by atoms with E-state index in [0.29, 0.717) is 5.58 Å². The van der Waals surface area contributed by atoms with Gasteiger partial charge in [-0.25, -0.2) is 0 Å². The highest BCUT2D eigenvalue weighted by Crippen LogP contribution is 2.37. The first-order chi connectivity index (χ1) is 11.2. The van der Waals surface area contributed by atoms with Crippen LogP contribution < -0.4 is 5.55 Å². The molecule has 114 valence electrons. The van der Waals surface area contributed by atoms with Crippen LogP contribution in [0.1, 0.15) is 11.1 Å². The molecule has 4 nitrogen and oxygen atoms in total. The maximum atomic E-state index is 9.16. The van der Waals surface area contributed by atoms with Crippen molar-refractivity contribution in [2.45, 2.75) is 13.8 Å². The van der Waals surface area contributed by atoms with Crippen LogP contribution in [0.15, 0.2) is 62.7 Å². The van der Waals surface area contributed by atoms with Crippen molar-refractivity contribution < 1.29 is 14.0 Å². The van der Waals surface area contributed by atoms with Crippen molar-refractivity contribution in [3.8, 4) is 11.1 Å². The summed E-state index contributed by atoms with van der Waals surface area (Å²) in [6.45, 7) is 4.05. The van der Waals surface area contributed by atoms with E-state index >= 15 is 0 Å². The van der Waals surface area contributed by atoms with Gasteiger partial charge in [0.05, 0.1) is 11.6 Å². The fraction of sp³-hybridized carbons (Fsp3) is 0.105. The molecule has 2 heterocycles. The number of hydrogen-bond acceptors (Lipinski definition) is 4. The van der Waals surface area contributed by atoms with E-state index in [0.717, 1.165) is 38.6 Å². The van der Waals surface area contributed by atoms with Gasteiger partial charge in [0, 0.05) is 17.0 Å². The highest BCUT2D eigenvalue weighted by Gasteiger charge is 2.16. The molecule has 0 fully saturated rings. The van der Waals surface area contributed by atoms with Crippen molar-refractivity contribution in [1.82, 2.24) is 0 Å². The van der Waals surface area contributed by atoms with Gasteiger partial charge in [-0.3, -0.25) is 0 Å². The smallest absolute Gasteiger partial charge is 0.256 e. The molecule has 4 aromatic rings. The Morgan fingerprint density at radius 2 is 1.74 bits per heavy atom. The predicted molar refractivity (Wildman–Crippen MR) is 88.2 cm³/mol. The van der Waals surface area contributed by atoms with Crippen LogP contribution in [0.2, 0.25) is 0 Å². The van der Waals surface area contributed by atoms with Gasteiger partial charge in [0.1, 0.15) is 11.2 Å². The second kappa shape index (κ2) is 5.02. The second-order valence-electron chi connectivity index (χ2n) is 5.65. The van der Waals surface area contributed by atoms with E-state index in [9.17, 15) is 0 Å². The first-order valence-electron chi connectivity index (χ1n) is 7.38. The number of furan rings is 1. The minimum atomic E-state index is 0.165. The molecular weight excluding hydrogens is 290 g/mol. The molecule has 0 radical (unpaired) electrons. The summed E-state index contributed by atoms with van der Waals surface area (Å²) >= 11 is 0. The molecule has 0 bridgehead atoms. The Morgan fingerprint density at radius 3 is 2.48 bits per heavy atom. The molecule has 0 atom stereocenters. The van der Waals surface area contributed by atoms with E-state index in [-0.39, 0.29) is 5.55 Å². The van der Waals surface area contributed by atoms with Gasteiger partial charge >= 0.3 is 0 Å². The molecule has 1 N–H and O–H groups in total. The first kappa shape index (κ1) is 13.6. The highest BCUT2D eigenvalue weighted by molar-refractivity contribution is 6.11. The summed E-state index contributed by atoms with van der Waals surface area (Å²) in [5.74, 6) is 0. The molecule has 0 saturated carbocycles. The number of benzene rings is 2. The second-order valence-corrected chi connectivity index (χ2v) is 5.65. The monoisotopic (exact) mass is 305 g/mol. The zero-order chi connectivity index (χ0) is 16.0. The van der Waals surface area contributed by atoms with Crippen LogP contribution in [-0.2, 0) is 0 Å². The van der Waals surface area contributed by atoms with Crippen LogP contribution in [0.3, 0.4) is 0 Å². The van der Waals surface area contributed by atoms with Gasteiger partial charge in [-0.05, 0) is 41.8 Å².